The molecule has 4 nitrogen and oxygen atoms in total. The van der Waals surface area contributed by atoms with Crippen LogP contribution in [0.25, 0.3) is 0 Å². The molecule has 0 saturated carbocycles. The quantitative estimate of drug-likeness (QED) is 0.771. The first-order chi connectivity index (χ1) is 8.84. The van der Waals surface area contributed by atoms with Gasteiger partial charge in [-0.3, -0.25) is 4.79 Å². The largest absolute Gasteiger partial charge is 0.272 e. The number of hydrogen-bond acceptors (Lipinski definition) is 3. The molecule has 0 fully saturated rings. The number of carbonyl (C=O) groups excluding carboxylic acids is 1. The monoisotopic (exact) mass is 343 g/mol. The van der Waals surface area contributed by atoms with Crippen molar-refractivity contribution >= 4 is 50.7 Å². The van der Waals surface area contributed by atoms with E-state index in [1.807, 2.05) is 0 Å². The number of rotatable bonds is 5. The van der Waals surface area contributed by atoms with Gasteiger partial charge in [0.25, 0.3) is 15.9 Å². The minimum absolute atomic E-state index is 0.00729. The Hall–Kier alpha value is -0.490. The molecule has 1 rings (SSSR count). The van der Waals surface area contributed by atoms with Crippen LogP contribution in [-0.2, 0) is 14.8 Å². The summed E-state index contributed by atoms with van der Waals surface area (Å²) in [4.78, 5) is 11.5. The Morgan fingerprint density at radius 1 is 1.32 bits per heavy atom. The van der Waals surface area contributed by atoms with Gasteiger partial charge in [0.2, 0.25) is 0 Å². The molecule has 0 aliphatic heterocycles. The maximum atomic E-state index is 12.4. The molecule has 19 heavy (non-hydrogen) atoms. The number of benzene rings is 1. The molecule has 0 aliphatic rings. The molecule has 0 spiro atoms. The molecule has 0 aliphatic carbocycles. The standard InChI is InChI=1S/C11H12Cl3NO3S/c1-2-5-15(11(16)7-12)19(17,18)10-6-8(13)3-4-9(10)14/h3-4,6H,2,5,7H2,1H3. The van der Waals surface area contributed by atoms with E-state index in [0.717, 1.165) is 4.31 Å². The van der Waals surface area contributed by atoms with Crippen molar-refractivity contribution in [3.63, 3.8) is 0 Å². The van der Waals surface area contributed by atoms with Gasteiger partial charge in [-0.2, -0.15) is 0 Å². The zero-order valence-electron chi connectivity index (χ0n) is 10.1. The van der Waals surface area contributed by atoms with Crippen molar-refractivity contribution in [2.75, 3.05) is 12.4 Å². The van der Waals surface area contributed by atoms with Gasteiger partial charge in [0, 0.05) is 11.6 Å². The van der Waals surface area contributed by atoms with Gasteiger partial charge >= 0.3 is 0 Å². The number of sulfonamides is 1. The van der Waals surface area contributed by atoms with Crippen LogP contribution in [0.4, 0.5) is 0 Å². The average molecular weight is 345 g/mol. The Morgan fingerprint density at radius 3 is 2.47 bits per heavy atom. The molecule has 0 aromatic heterocycles. The Bertz CT molecular complexity index is 575. The van der Waals surface area contributed by atoms with Gasteiger partial charge in [-0.25, -0.2) is 12.7 Å². The molecule has 0 saturated heterocycles. The van der Waals surface area contributed by atoms with Crippen molar-refractivity contribution < 1.29 is 13.2 Å². The number of amides is 1. The van der Waals surface area contributed by atoms with Crippen molar-refractivity contribution in [2.45, 2.75) is 18.2 Å². The van der Waals surface area contributed by atoms with Crippen molar-refractivity contribution in [3.05, 3.63) is 28.2 Å². The van der Waals surface area contributed by atoms with E-state index in [1.54, 1.807) is 6.92 Å². The number of nitrogens with zero attached hydrogens (tertiary/aromatic N) is 1. The maximum Gasteiger partial charge on any atom is 0.268 e. The van der Waals surface area contributed by atoms with Gasteiger partial charge in [0.1, 0.15) is 10.8 Å². The fraction of sp³-hybridized carbons (Fsp3) is 0.364. The number of carbonyl (C=O) groups is 1. The van der Waals surface area contributed by atoms with Crippen molar-refractivity contribution in [3.8, 4) is 0 Å². The van der Waals surface area contributed by atoms with E-state index in [4.69, 9.17) is 34.8 Å². The summed E-state index contributed by atoms with van der Waals surface area (Å²) in [7, 11) is -4.04. The van der Waals surface area contributed by atoms with Gasteiger partial charge in [-0.1, -0.05) is 30.1 Å². The summed E-state index contributed by atoms with van der Waals surface area (Å²) in [5.74, 6) is -1.11. The predicted octanol–water partition coefficient (Wildman–Crippen LogP) is 3.16. The zero-order valence-corrected chi connectivity index (χ0v) is 13.2. The SMILES string of the molecule is CCCN(C(=O)CCl)S(=O)(=O)c1cc(Cl)ccc1Cl. The Morgan fingerprint density at radius 2 is 1.95 bits per heavy atom. The molecular weight excluding hydrogens is 333 g/mol. The van der Waals surface area contributed by atoms with Crippen LogP contribution in [0.2, 0.25) is 10.0 Å². The first kappa shape index (κ1) is 16.6. The lowest BCUT2D eigenvalue weighted by Crippen LogP contribution is -2.38. The summed E-state index contributed by atoms with van der Waals surface area (Å²) in [5, 5.41) is 0.227. The average Bonchev–Trinajstić information content (AvgIpc) is 2.37. The normalized spacial score (nSPS) is 11.4. The van der Waals surface area contributed by atoms with Crippen molar-refractivity contribution in [2.24, 2.45) is 0 Å². The first-order valence-corrected chi connectivity index (χ1v) is 8.14. The summed E-state index contributed by atoms with van der Waals surface area (Å²) in [6, 6.07) is 4.05. The highest BCUT2D eigenvalue weighted by Crippen LogP contribution is 2.28. The molecule has 8 heteroatoms. The third-order valence-corrected chi connectivity index (χ3v) is 5.05. The topological polar surface area (TPSA) is 54.5 Å². The van der Waals surface area contributed by atoms with Gasteiger partial charge in [0.05, 0.1) is 5.02 Å². The minimum atomic E-state index is -4.04. The molecule has 0 atom stereocenters. The highest BCUT2D eigenvalue weighted by Gasteiger charge is 2.30. The lowest BCUT2D eigenvalue weighted by molar-refractivity contribution is -0.123. The van der Waals surface area contributed by atoms with E-state index >= 15 is 0 Å². The zero-order chi connectivity index (χ0) is 14.6. The van der Waals surface area contributed by atoms with Crippen LogP contribution in [0.1, 0.15) is 13.3 Å². The lowest BCUT2D eigenvalue weighted by Gasteiger charge is -2.21. The third kappa shape index (κ3) is 3.75. The molecule has 1 aromatic rings. The van der Waals surface area contributed by atoms with Crippen LogP contribution >= 0.6 is 34.8 Å². The molecular formula is C11H12Cl3NO3S. The van der Waals surface area contributed by atoms with Crippen LogP contribution in [-0.4, -0.2) is 31.1 Å². The maximum absolute atomic E-state index is 12.4. The van der Waals surface area contributed by atoms with Gasteiger partial charge in [-0.05, 0) is 24.6 Å². The number of halogens is 3. The van der Waals surface area contributed by atoms with Crippen molar-refractivity contribution in [1.29, 1.82) is 0 Å². The molecule has 0 N–H and O–H groups in total. The highest BCUT2D eigenvalue weighted by atomic mass is 35.5. The third-order valence-electron chi connectivity index (χ3n) is 2.28. The van der Waals surface area contributed by atoms with Gasteiger partial charge in [0.15, 0.2) is 0 Å². The van der Waals surface area contributed by atoms with E-state index in [1.165, 1.54) is 18.2 Å². The molecule has 1 aromatic carbocycles. The van der Waals surface area contributed by atoms with E-state index < -0.39 is 21.8 Å². The smallest absolute Gasteiger partial charge is 0.268 e. The second kappa shape index (κ2) is 6.79. The summed E-state index contributed by atoms with van der Waals surface area (Å²) < 4.78 is 25.5. The summed E-state index contributed by atoms with van der Waals surface area (Å²) >= 11 is 17.1. The fourth-order valence-electron chi connectivity index (χ4n) is 1.44. The van der Waals surface area contributed by atoms with E-state index in [-0.39, 0.29) is 21.5 Å². The lowest BCUT2D eigenvalue weighted by atomic mass is 10.4. The summed E-state index contributed by atoms with van der Waals surface area (Å²) in [6.45, 7) is 1.79. The molecule has 0 unspecified atom stereocenters. The van der Waals surface area contributed by atoms with Gasteiger partial charge in [-0.15, -0.1) is 11.6 Å². The van der Waals surface area contributed by atoms with Crippen molar-refractivity contribution in [1.82, 2.24) is 4.31 Å². The second-order valence-electron chi connectivity index (χ2n) is 3.68. The van der Waals surface area contributed by atoms with E-state index in [2.05, 4.69) is 0 Å². The number of hydrogen-bond donors (Lipinski definition) is 0. The van der Waals surface area contributed by atoms with Crippen LogP contribution in [0, 0.1) is 0 Å². The van der Waals surface area contributed by atoms with Crippen LogP contribution < -0.4 is 0 Å². The molecule has 106 valence electrons. The molecule has 0 radical (unpaired) electrons. The Labute approximate surface area is 127 Å². The van der Waals surface area contributed by atoms with Gasteiger partial charge < -0.3 is 0 Å². The van der Waals surface area contributed by atoms with Crippen LogP contribution in [0.15, 0.2) is 23.1 Å². The fourth-order valence-corrected chi connectivity index (χ4v) is 3.89. The Balaban J connectivity index is 3.34. The molecule has 1 amide bonds. The van der Waals surface area contributed by atoms with Crippen LogP contribution in [0.5, 0.6) is 0 Å². The highest BCUT2D eigenvalue weighted by molar-refractivity contribution is 7.89. The minimum Gasteiger partial charge on any atom is -0.272 e. The summed E-state index contributed by atoms with van der Waals surface area (Å²) in [6.07, 6.45) is 0.472. The summed E-state index contributed by atoms with van der Waals surface area (Å²) in [5.41, 5.74) is 0. The molecule has 0 bridgehead atoms. The molecule has 0 heterocycles. The van der Waals surface area contributed by atoms with Crippen LogP contribution in [0.3, 0.4) is 0 Å². The van der Waals surface area contributed by atoms with E-state index in [0.29, 0.717) is 6.42 Å². The predicted molar refractivity (Wildman–Crippen MR) is 76.4 cm³/mol. The Kier molecular flexibility index (Phi) is 5.92. The second-order valence-corrected chi connectivity index (χ2v) is 6.62. The van der Waals surface area contributed by atoms with E-state index in [9.17, 15) is 13.2 Å². The first-order valence-electron chi connectivity index (χ1n) is 5.41. The number of alkyl halides is 1.